The Bertz CT molecular complexity index is 218. The van der Waals surface area contributed by atoms with E-state index in [1.807, 2.05) is 13.8 Å². The van der Waals surface area contributed by atoms with Gasteiger partial charge in [-0.2, -0.15) is 0 Å². The van der Waals surface area contributed by atoms with Crippen LogP contribution < -0.4 is 5.32 Å². The van der Waals surface area contributed by atoms with Gasteiger partial charge < -0.3 is 14.6 Å². The number of carboxylic acid groups (broad SMARTS) is 1. The summed E-state index contributed by atoms with van der Waals surface area (Å²) in [5, 5.41) is 12.0. The minimum Gasteiger partial charge on any atom is -0.480 e. The lowest BCUT2D eigenvalue weighted by Gasteiger charge is -2.18. The predicted octanol–water partition coefficient (Wildman–Crippen LogP) is 0.633. The minimum atomic E-state index is -0.851. The summed E-state index contributed by atoms with van der Waals surface area (Å²) in [5.41, 5.74) is 0. The standard InChI is InChI=1S/C11H21NO4/c1-3-15-6-8(2)16-7-10(11(13)14)12-9-4-5-9/h8-10,12H,3-7H2,1-2H3,(H,13,14). The molecule has 0 saturated heterocycles. The van der Waals surface area contributed by atoms with Crippen LogP contribution in [-0.4, -0.2) is 49.1 Å². The third kappa shape index (κ3) is 5.44. The summed E-state index contributed by atoms with van der Waals surface area (Å²) in [5.74, 6) is -0.851. The lowest BCUT2D eigenvalue weighted by atomic mass is 10.3. The molecule has 0 aromatic heterocycles. The molecule has 0 radical (unpaired) electrons. The molecule has 16 heavy (non-hydrogen) atoms. The number of hydrogen-bond acceptors (Lipinski definition) is 4. The quantitative estimate of drug-likeness (QED) is 0.609. The predicted molar refractivity (Wildman–Crippen MR) is 59.5 cm³/mol. The molecular formula is C11H21NO4. The van der Waals surface area contributed by atoms with Crippen molar-refractivity contribution in [3.8, 4) is 0 Å². The normalized spacial score (nSPS) is 19.4. The number of nitrogens with one attached hydrogen (secondary N) is 1. The lowest BCUT2D eigenvalue weighted by molar-refractivity contribution is -0.142. The molecule has 2 unspecified atom stereocenters. The fourth-order valence-electron chi connectivity index (χ4n) is 1.32. The van der Waals surface area contributed by atoms with Crippen LogP contribution in [0.3, 0.4) is 0 Å². The SMILES string of the molecule is CCOCC(C)OCC(NC1CC1)C(=O)O. The molecule has 5 nitrogen and oxygen atoms in total. The van der Waals surface area contributed by atoms with Crippen LogP contribution in [0, 0.1) is 0 Å². The van der Waals surface area contributed by atoms with Gasteiger partial charge >= 0.3 is 5.97 Å². The van der Waals surface area contributed by atoms with Crippen LogP contribution in [-0.2, 0) is 14.3 Å². The van der Waals surface area contributed by atoms with Gasteiger partial charge in [-0.1, -0.05) is 0 Å². The Balaban J connectivity index is 2.17. The summed E-state index contributed by atoms with van der Waals surface area (Å²) in [6, 6.07) is -0.233. The third-order valence-electron chi connectivity index (χ3n) is 2.42. The molecule has 0 amide bonds. The highest BCUT2D eigenvalue weighted by molar-refractivity contribution is 5.73. The topological polar surface area (TPSA) is 67.8 Å². The zero-order valence-electron chi connectivity index (χ0n) is 9.94. The molecule has 0 heterocycles. The van der Waals surface area contributed by atoms with Gasteiger partial charge in [-0.3, -0.25) is 10.1 Å². The van der Waals surface area contributed by atoms with E-state index in [1.165, 1.54) is 0 Å². The number of aliphatic carboxylic acids is 1. The van der Waals surface area contributed by atoms with Crippen molar-refractivity contribution < 1.29 is 19.4 Å². The summed E-state index contributed by atoms with van der Waals surface area (Å²) in [7, 11) is 0. The molecule has 94 valence electrons. The molecule has 2 atom stereocenters. The Kier molecular flexibility index (Phi) is 5.73. The number of carbonyl (C=O) groups is 1. The van der Waals surface area contributed by atoms with Gasteiger partial charge in [0, 0.05) is 12.6 Å². The molecule has 1 saturated carbocycles. The summed E-state index contributed by atoms with van der Waals surface area (Å²) >= 11 is 0. The van der Waals surface area contributed by atoms with E-state index in [9.17, 15) is 4.79 Å². The van der Waals surface area contributed by atoms with Crippen molar-refractivity contribution in [1.82, 2.24) is 5.32 Å². The van der Waals surface area contributed by atoms with Gasteiger partial charge in [0.25, 0.3) is 0 Å². The highest BCUT2D eigenvalue weighted by Crippen LogP contribution is 2.19. The minimum absolute atomic E-state index is 0.0668. The third-order valence-corrected chi connectivity index (χ3v) is 2.42. The van der Waals surface area contributed by atoms with Gasteiger partial charge in [0.1, 0.15) is 6.04 Å². The average Bonchev–Trinajstić information content (AvgIpc) is 3.04. The first-order valence-corrected chi connectivity index (χ1v) is 5.81. The van der Waals surface area contributed by atoms with Gasteiger partial charge in [-0.25, -0.2) is 0 Å². The number of rotatable bonds is 9. The maximum atomic E-state index is 10.9. The first kappa shape index (κ1) is 13.4. The molecule has 5 heteroatoms. The van der Waals surface area contributed by atoms with E-state index in [2.05, 4.69) is 5.32 Å². The van der Waals surface area contributed by atoms with E-state index in [0.29, 0.717) is 19.3 Å². The van der Waals surface area contributed by atoms with Crippen molar-refractivity contribution in [3.63, 3.8) is 0 Å². The molecule has 0 aromatic carbocycles. The van der Waals surface area contributed by atoms with Crippen LogP contribution in [0.4, 0.5) is 0 Å². The van der Waals surface area contributed by atoms with Gasteiger partial charge in [0.15, 0.2) is 0 Å². The van der Waals surface area contributed by atoms with E-state index in [1.54, 1.807) is 0 Å². The fraction of sp³-hybridized carbons (Fsp3) is 0.909. The summed E-state index contributed by atoms with van der Waals surface area (Å²) in [6.07, 6.45) is 2.07. The Morgan fingerprint density at radius 1 is 1.50 bits per heavy atom. The molecule has 0 spiro atoms. The van der Waals surface area contributed by atoms with Crippen LogP contribution in [0.25, 0.3) is 0 Å². The largest absolute Gasteiger partial charge is 0.480 e. The van der Waals surface area contributed by atoms with Crippen molar-refractivity contribution in [2.45, 2.75) is 44.9 Å². The first-order chi connectivity index (χ1) is 7.63. The van der Waals surface area contributed by atoms with Gasteiger partial charge in [0.2, 0.25) is 0 Å². The van der Waals surface area contributed by atoms with Gasteiger partial charge in [0.05, 0.1) is 19.3 Å². The Morgan fingerprint density at radius 3 is 2.69 bits per heavy atom. The van der Waals surface area contributed by atoms with Crippen molar-refractivity contribution in [1.29, 1.82) is 0 Å². The van der Waals surface area contributed by atoms with Crippen LogP contribution in [0.1, 0.15) is 26.7 Å². The smallest absolute Gasteiger partial charge is 0.323 e. The molecule has 0 aromatic rings. The highest BCUT2D eigenvalue weighted by Gasteiger charge is 2.28. The van der Waals surface area contributed by atoms with Crippen LogP contribution >= 0.6 is 0 Å². The summed E-state index contributed by atoms with van der Waals surface area (Å²) < 4.78 is 10.6. The highest BCUT2D eigenvalue weighted by atomic mass is 16.5. The maximum absolute atomic E-state index is 10.9. The molecule has 1 aliphatic rings. The number of hydrogen-bond donors (Lipinski definition) is 2. The fourth-order valence-corrected chi connectivity index (χ4v) is 1.32. The van der Waals surface area contributed by atoms with Gasteiger partial charge in [-0.05, 0) is 26.7 Å². The maximum Gasteiger partial charge on any atom is 0.323 e. The van der Waals surface area contributed by atoms with Crippen molar-refractivity contribution in [2.24, 2.45) is 0 Å². The lowest BCUT2D eigenvalue weighted by Crippen LogP contribution is -2.42. The molecule has 0 aliphatic heterocycles. The number of carboxylic acids is 1. The Morgan fingerprint density at radius 2 is 2.19 bits per heavy atom. The Labute approximate surface area is 96.1 Å². The summed E-state index contributed by atoms with van der Waals surface area (Å²) in [6.45, 7) is 5.15. The van der Waals surface area contributed by atoms with Crippen molar-refractivity contribution >= 4 is 5.97 Å². The van der Waals surface area contributed by atoms with Crippen molar-refractivity contribution in [3.05, 3.63) is 0 Å². The monoisotopic (exact) mass is 231 g/mol. The molecule has 1 fully saturated rings. The molecular weight excluding hydrogens is 210 g/mol. The van der Waals surface area contributed by atoms with Crippen LogP contribution in [0.5, 0.6) is 0 Å². The molecule has 1 rings (SSSR count). The molecule has 2 N–H and O–H groups in total. The second-order valence-electron chi connectivity index (χ2n) is 4.14. The zero-order chi connectivity index (χ0) is 12.0. The average molecular weight is 231 g/mol. The van der Waals surface area contributed by atoms with E-state index < -0.39 is 12.0 Å². The zero-order valence-corrected chi connectivity index (χ0v) is 9.94. The summed E-state index contributed by atoms with van der Waals surface area (Å²) in [4.78, 5) is 10.9. The van der Waals surface area contributed by atoms with Crippen LogP contribution in [0.15, 0.2) is 0 Å². The second-order valence-corrected chi connectivity index (χ2v) is 4.14. The van der Waals surface area contributed by atoms with E-state index in [0.717, 1.165) is 12.8 Å². The number of ether oxygens (including phenoxy) is 2. The van der Waals surface area contributed by atoms with E-state index in [-0.39, 0.29) is 12.7 Å². The molecule has 1 aliphatic carbocycles. The Hall–Kier alpha value is -0.650. The second kappa shape index (κ2) is 6.83. The van der Waals surface area contributed by atoms with E-state index in [4.69, 9.17) is 14.6 Å². The first-order valence-electron chi connectivity index (χ1n) is 5.81. The van der Waals surface area contributed by atoms with Crippen molar-refractivity contribution in [2.75, 3.05) is 19.8 Å². The van der Waals surface area contributed by atoms with E-state index >= 15 is 0 Å². The van der Waals surface area contributed by atoms with Crippen LogP contribution in [0.2, 0.25) is 0 Å². The van der Waals surface area contributed by atoms with Gasteiger partial charge in [-0.15, -0.1) is 0 Å². The molecule has 0 bridgehead atoms.